The van der Waals surface area contributed by atoms with Crippen molar-refractivity contribution in [1.29, 1.82) is 5.41 Å². The van der Waals surface area contributed by atoms with Crippen molar-refractivity contribution in [1.82, 2.24) is 35.1 Å². The average molecular weight is 798 g/mol. The average Bonchev–Trinajstić information content (AvgIpc) is 4.05. The van der Waals surface area contributed by atoms with Crippen molar-refractivity contribution in [2.45, 2.75) is 71.1 Å². The van der Waals surface area contributed by atoms with Gasteiger partial charge in [-0.15, -0.1) is 0 Å². The second kappa shape index (κ2) is 18.3. The summed E-state index contributed by atoms with van der Waals surface area (Å²) in [6.45, 7) is 8.07. The molecule has 5 atom stereocenters. The van der Waals surface area contributed by atoms with Gasteiger partial charge in [0.15, 0.2) is 0 Å². The van der Waals surface area contributed by atoms with Gasteiger partial charge in [0.05, 0.1) is 43.0 Å². The number of amides is 3. The minimum absolute atomic E-state index is 0.0974. The van der Waals surface area contributed by atoms with Crippen LogP contribution in [0.15, 0.2) is 59.8 Å². The Balaban J connectivity index is 1.15. The van der Waals surface area contributed by atoms with Gasteiger partial charge in [0.25, 0.3) is 0 Å². The number of halogens is 1. The molecule has 0 aliphatic carbocycles. The predicted octanol–water partition coefficient (Wildman–Crippen LogP) is 7.10. The Morgan fingerprint density at radius 2 is 1.66 bits per heavy atom. The van der Waals surface area contributed by atoms with Crippen LogP contribution in [0.25, 0.3) is 44.1 Å². The second-order valence-corrected chi connectivity index (χ2v) is 15.1. The number of imidazole rings is 2. The molecule has 0 spiro atoms. The number of aromatic amines is 2. The van der Waals surface area contributed by atoms with Crippen LogP contribution in [0.1, 0.15) is 70.7 Å². The number of benzene rings is 2. The van der Waals surface area contributed by atoms with E-state index in [4.69, 9.17) is 20.6 Å². The van der Waals surface area contributed by atoms with Crippen molar-refractivity contribution < 1.29 is 33.3 Å². The monoisotopic (exact) mass is 797 g/mol. The van der Waals surface area contributed by atoms with Crippen molar-refractivity contribution in [2.75, 3.05) is 26.8 Å². The number of hydrogen-bond donors (Lipinski definition) is 4. The van der Waals surface area contributed by atoms with Crippen molar-refractivity contribution in [3.8, 4) is 33.6 Å². The molecule has 18 heteroatoms. The molecular weight excluding hydrogens is 750 g/mol. The minimum atomic E-state index is -0.725. The van der Waals surface area contributed by atoms with Crippen LogP contribution in [0.4, 0.5) is 9.18 Å². The first kappa shape index (κ1) is 41.4. The molecular formula is C40H48FN11O6. The third-order valence-electron chi connectivity index (χ3n) is 10.8. The van der Waals surface area contributed by atoms with Crippen molar-refractivity contribution in [3.05, 3.63) is 82.8 Å². The zero-order valence-corrected chi connectivity index (χ0v) is 33.0. The van der Waals surface area contributed by atoms with Crippen LogP contribution in [0.3, 0.4) is 0 Å². The zero-order valence-electron chi connectivity index (χ0n) is 33.0. The van der Waals surface area contributed by atoms with E-state index >= 15 is 4.39 Å². The molecule has 58 heavy (non-hydrogen) atoms. The molecule has 0 radical (unpaired) electrons. The Labute approximate surface area is 334 Å². The highest BCUT2D eigenvalue weighted by Crippen LogP contribution is 2.37. The van der Waals surface area contributed by atoms with Gasteiger partial charge in [-0.2, -0.15) is 9.28 Å². The van der Waals surface area contributed by atoms with Crippen molar-refractivity contribution >= 4 is 24.3 Å². The number of carbonyl (C=O) groups is 3. The lowest BCUT2D eigenvalue weighted by Crippen LogP contribution is -2.51. The lowest BCUT2D eigenvalue weighted by atomic mass is 9.95. The summed E-state index contributed by atoms with van der Waals surface area (Å²) < 4.78 is 20.2. The number of H-pyrrole nitrogens is 2. The molecule has 0 saturated carbocycles. The Hall–Kier alpha value is -6.26. The van der Waals surface area contributed by atoms with E-state index in [1.54, 1.807) is 23.2 Å². The van der Waals surface area contributed by atoms with E-state index in [0.717, 1.165) is 35.2 Å². The molecule has 2 saturated heterocycles. The first-order valence-corrected chi connectivity index (χ1v) is 19.2. The van der Waals surface area contributed by atoms with Gasteiger partial charge in [-0.25, -0.2) is 14.8 Å². The molecule has 0 unspecified atom stereocenters. The molecule has 4 N–H and O–H groups in total. The number of carbonyl (C=O) groups excluding carboxylic acids is 3. The van der Waals surface area contributed by atoms with Gasteiger partial charge < -0.3 is 34.7 Å². The largest absolute Gasteiger partial charge is 0.453 e. The van der Waals surface area contributed by atoms with Gasteiger partial charge in [0, 0.05) is 23.6 Å². The highest BCUT2D eigenvalue weighted by Gasteiger charge is 2.42. The normalized spacial score (nSPS) is 18.9. The van der Waals surface area contributed by atoms with Crippen LogP contribution in [-0.4, -0.2) is 92.9 Å². The number of nitrogens with zero attached hydrogens (tertiary/aromatic N) is 7. The number of likely N-dealkylation sites (tertiary alicyclic amines) is 2. The van der Waals surface area contributed by atoms with Crippen LogP contribution in [0.2, 0.25) is 0 Å². The van der Waals surface area contributed by atoms with E-state index in [1.165, 1.54) is 12.0 Å². The number of azide groups is 1. The predicted molar refractivity (Wildman–Crippen MR) is 211 cm³/mol. The molecule has 6 rings (SSSR count). The highest BCUT2D eigenvalue weighted by atomic mass is 19.1. The van der Waals surface area contributed by atoms with E-state index in [2.05, 4.69) is 40.2 Å². The topological polar surface area (TPSA) is 227 Å². The van der Waals surface area contributed by atoms with E-state index < -0.39 is 36.1 Å². The summed E-state index contributed by atoms with van der Waals surface area (Å²) in [6.07, 6.45) is 3.55. The van der Waals surface area contributed by atoms with Crippen LogP contribution in [-0.2, 0) is 24.1 Å². The molecule has 2 fully saturated rings. The quantitative estimate of drug-likeness (QED) is 0.0141. The Morgan fingerprint density at radius 1 is 0.983 bits per heavy atom. The number of alkyl carbamates (subject to hydrolysis) is 1. The van der Waals surface area contributed by atoms with Crippen LogP contribution >= 0.6 is 0 Å². The summed E-state index contributed by atoms with van der Waals surface area (Å²) in [4.78, 5) is 70.4. The summed E-state index contributed by atoms with van der Waals surface area (Å²) in [5.41, 5.74) is 13.4. The summed E-state index contributed by atoms with van der Waals surface area (Å²) in [7, 11) is 1.27. The van der Waals surface area contributed by atoms with E-state index in [1.807, 2.05) is 64.1 Å². The van der Waals surface area contributed by atoms with Gasteiger partial charge in [-0.1, -0.05) is 81.3 Å². The van der Waals surface area contributed by atoms with E-state index in [9.17, 15) is 14.4 Å². The maximum Gasteiger partial charge on any atom is 0.407 e. The summed E-state index contributed by atoms with van der Waals surface area (Å²) in [5.74, 6) is -1.18. The molecule has 3 amide bonds. The fraction of sp³-hybridized carbons (Fsp3) is 0.450. The standard InChI is InChI=1S/C40H48FN11O6/c1-22(2)29(20-57-58-21-42)38(53)52-19-28(49-50-43)17-32(52)37-46-34(35(41)48-37)27-14-10-25(11-15-27)24-8-12-26(13-9-24)30-18-44-36(45-30)31-7-6-16-51(31)39(54)33(23(3)4)47-40(55)56-5/h8-15,18,21-23,28-29,31-33,42H,6-7,16-17,19-20H2,1-5H3,(H,44,45)(H,46,48)(H,47,55)/t28-,29-,31-,32-,33-/m0/s1. The lowest BCUT2D eigenvalue weighted by Gasteiger charge is -2.30. The van der Waals surface area contributed by atoms with Crippen LogP contribution < -0.4 is 5.32 Å². The molecule has 17 nitrogen and oxygen atoms in total. The molecule has 4 heterocycles. The van der Waals surface area contributed by atoms with Gasteiger partial charge >= 0.3 is 6.09 Å². The fourth-order valence-electron chi connectivity index (χ4n) is 7.62. The van der Waals surface area contributed by atoms with Gasteiger partial charge in [-0.05, 0) is 53.3 Å². The third kappa shape index (κ3) is 8.98. The van der Waals surface area contributed by atoms with E-state index in [-0.39, 0.29) is 60.8 Å². The molecule has 4 aromatic rings. The maximum atomic E-state index is 15.5. The highest BCUT2D eigenvalue weighted by molar-refractivity contribution is 5.86. The van der Waals surface area contributed by atoms with E-state index in [0.29, 0.717) is 24.3 Å². The smallest absolute Gasteiger partial charge is 0.407 e. The number of hydrogen-bond acceptors (Lipinski definition) is 10. The molecule has 2 aliphatic rings. The van der Waals surface area contributed by atoms with Gasteiger partial charge in [0.2, 0.25) is 24.2 Å². The van der Waals surface area contributed by atoms with Crippen LogP contribution in [0.5, 0.6) is 0 Å². The fourth-order valence-corrected chi connectivity index (χ4v) is 7.62. The molecule has 2 aliphatic heterocycles. The SMILES string of the molecule is COC(=O)N[C@H](C(=O)N1CCC[C@H]1c1ncc(-c2ccc(-c3ccc(-c4[nH]c([C@@H]5C[C@H](N=[N+]=[N-])CN5C(=O)[C@@H](COOC=N)C(C)C)nc4F)cc3)cc2)[nH]1)C(C)C. The number of aromatic nitrogens is 4. The molecule has 2 aromatic heterocycles. The molecule has 0 bridgehead atoms. The number of rotatable bonds is 15. The lowest BCUT2D eigenvalue weighted by molar-refractivity contribution is -0.229. The number of methoxy groups -OCH3 is 1. The Bertz CT molecular complexity index is 2130. The third-order valence-corrected chi connectivity index (χ3v) is 10.8. The minimum Gasteiger partial charge on any atom is -0.453 e. The summed E-state index contributed by atoms with van der Waals surface area (Å²) >= 11 is 0. The zero-order chi connectivity index (χ0) is 41.5. The van der Waals surface area contributed by atoms with Gasteiger partial charge in [0.1, 0.15) is 30.0 Å². The second-order valence-electron chi connectivity index (χ2n) is 15.1. The summed E-state index contributed by atoms with van der Waals surface area (Å²) in [5, 5.41) is 13.5. The number of nitrogens with one attached hydrogen (secondary N) is 4. The first-order chi connectivity index (χ1) is 27.9. The number of ether oxygens (including phenoxy) is 1. The first-order valence-electron chi connectivity index (χ1n) is 19.2. The Kier molecular flexibility index (Phi) is 13.1. The Morgan fingerprint density at radius 3 is 2.28 bits per heavy atom. The summed E-state index contributed by atoms with van der Waals surface area (Å²) in [6, 6.07) is 13.1. The van der Waals surface area contributed by atoms with Crippen molar-refractivity contribution in [2.24, 2.45) is 22.9 Å². The van der Waals surface area contributed by atoms with Crippen LogP contribution in [0, 0.1) is 29.1 Å². The van der Waals surface area contributed by atoms with Crippen molar-refractivity contribution in [3.63, 3.8) is 0 Å². The molecule has 2 aromatic carbocycles. The van der Waals surface area contributed by atoms with Gasteiger partial charge in [-0.3, -0.25) is 15.0 Å². The molecule has 306 valence electrons. The maximum absolute atomic E-state index is 15.5.